The smallest absolute Gasteiger partial charge is 0.255 e. The van der Waals surface area contributed by atoms with E-state index in [1.54, 1.807) is 19.9 Å². The summed E-state index contributed by atoms with van der Waals surface area (Å²) >= 11 is 6.72. The van der Waals surface area contributed by atoms with E-state index >= 15 is 0 Å². The lowest BCUT2D eigenvalue weighted by Crippen LogP contribution is -2.30. The first-order valence-corrected chi connectivity index (χ1v) is 10.1. The maximum absolute atomic E-state index is 12.3. The Balaban J connectivity index is 2.17. The Morgan fingerprint density at radius 1 is 1.04 bits per heavy atom. The third-order valence-corrected chi connectivity index (χ3v) is 5.82. The molecule has 128 valence electrons. The Hall–Kier alpha value is -1.22. The molecule has 2 rings (SSSR count). The number of halogens is 2. The van der Waals surface area contributed by atoms with Crippen molar-refractivity contribution in [2.45, 2.75) is 24.8 Å². The van der Waals surface area contributed by atoms with E-state index in [9.17, 15) is 13.2 Å². The molecule has 2 N–H and O–H groups in total. The van der Waals surface area contributed by atoms with E-state index in [4.69, 9.17) is 0 Å². The quantitative estimate of drug-likeness (QED) is 0.681. The molecule has 0 atom stereocenters. The van der Waals surface area contributed by atoms with E-state index in [2.05, 4.69) is 41.9 Å². The predicted molar refractivity (Wildman–Crippen MR) is 102 cm³/mol. The first-order chi connectivity index (χ1) is 11.2. The first kappa shape index (κ1) is 19.1. The van der Waals surface area contributed by atoms with Gasteiger partial charge in [0.25, 0.3) is 5.91 Å². The third-order valence-electron chi connectivity index (χ3n) is 3.00. The van der Waals surface area contributed by atoms with E-state index in [1.165, 1.54) is 24.3 Å². The maximum Gasteiger partial charge on any atom is 0.255 e. The zero-order valence-electron chi connectivity index (χ0n) is 13.0. The number of rotatable bonds is 5. The highest BCUT2D eigenvalue weighted by Crippen LogP contribution is 2.26. The van der Waals surface area contributed by atoms with Crippen LogP contribution in [-0.2, 0) is 10.0 Å². The molecule has 0 fully saturated rings. The van der Waals surface area contributed by atoms with Crippen LogP contribution in [0.1, 0.15) is 24.2 Å². The van der Waals surface area contributed by atoms with Crippen molar-refractivity contribution in [3.63, 3.8) is 0 Å². The number of hydrogen-bond donors (Lipinski definition) is 2. The van der Waals surface area contributed by atoms with Gasteiger partial charge in [-0.3, -0.25) is 4.79 Å². The van der Waals surface area contributed by atoms with Crippen molar-refractivity contribution in [1.29, 1.82) is 0 Å². The number of hydrogen-bond acceptors (Lipinski definition) is 3. The topological polar surface area (TPSA) is 75.3 Å². The average Bonchev–Trinajstić information content (AvgIpc) is 2.49. The molecule has 24 heavy (non-hydrogen) atoms. The zero-order valence-corrected chi connectivity index (χ0v) is 17.0. The Morgan fingerprint density at radius 2 is 1.67 bits per heavy atom. The minimum Gasteiger partial charge on any atom is -0.321 e. The monoisotopic (exact) mass is 474 g/mol. The molecular weight excluding hydrogens is 460 g/mol. The van der Waals surface area contributed by atoms with Gasteiger partial charge in [-0.05, 0) is 72.2 Å². The number of carbonyl (C=O) groups is 1. The minimum absolute atomic E-state index is 0.123. The van der Waals surface area contributed by atoms with Crippen LogP contribution in [0.3, 0.4) is 0 Å². The molecule has 5 nitrogen and oxygen atoms in total. The molecule has 0 aliphatic heterocycles. The standard InChI is InChI=1S/C16H16Br2N2O3S/c1-10(2)20-24(22,23)13-6-3-11(4-7-13)16(21)19-15-8-5-12(17)9-14(15)18/h3-10,20H,1-2H3,(H,19,21). The van der Waals surface area contributed by atoms with Crippen molar-refractivity contribution in [3.8, 4) is 0 Å². The van der Waals surface area contributed by atoms with Gasteiger partial charge in [-0.1, -0.05) is 15.9 Å². The van der Waals surface area contributed by atoms with E-state index in [-0.39, 0.29) is 16.8 Å². The van der Waals surface area contributed by atoms with Crippen LogP contribution in [0.5, 0.6) is 0 Å². The highest BCUT2D eigenvalue weighted by Gasteiger charge is 2.16. The Labute approximate surface area is 158 Å². The fourth-order valence-corrected chi connectivity index (χ4v) is 4.35. The summed E-state index contributed by atoms with van der Waals surface area (Å²) in [4.78, 5) is 12.4. The Kier molecular flexibility index (Phi) is 6.19. The zero-order chi connectivity index (χ0) is 17.9. The summed E-state index contributed by atoms with van der Waals surface area (Å²) in [6.45, 7) is 3.49. The fourth-order valence-electron chi connectivity index (χ4n) is 1.95. The summed E-state index contributed by atoms with van der Waals surface area (Å²) in [5.74, 6) is -0.321. The van der Waals surface area contributed by atoms with Gasteiger partial charge in [0.2, 0.25) is 10.0 Å². The molecule has 2 aromatic carbocycles. The van der Waals surface area contributed by atoms with Crippen molar-refractivity contribution in [3.05, 3.63) is 57.0 Å². The molecule has 0 unspecified atom stereocenters. The predicted octanol–water partition coefficient (Wildman–Crippen LogP) is 4.15. The van der Waals surface area contributed by atoms with Gasteiger partial charge in [0.05, 0.1) is 10.6 Å². The van der Waals surface area contributed by atoms with Crippen molar-refractivity contribution in [2.75, 3.05) is 5.32 Å². The van der Waals surface area contributed by atoms with Gasteiger partial charge in [0.15, 0.2) is 0 Å². The van der Waals surface area contributed by atoms with Gasteiger partial charge < -0.3 is 5.32 Å². The summed E-state index contributed by atoms with van der Waals surface area (Å²) in [6, 6.07) is 11.0. The third kappa shape index (κ3) is 4.89. The summed E-state index contributed by atoms with van der Waals surface area (Å²) in [6.07, 6.45) is 0. The number of benzene rings is 2. The largest absolute Gasteiger partial charge is 0.321 e. The van der Waals surface area contributed by atoms with Crippen molar-refractivity contribution >= 4 is 53.5 Å². The van der Waals surface area contributed by atoms with Crippen LogP contribution in [0.15, 0.2) is 56.3 Å². The number of amides is 1. The van der Waals surface area contributed by atoms with Crippen molar-refractivity contribution < 1.29 is 13.2 Å². The molecule has 0 radical (unpaired) electrons. The van der Waals surface area contributed by atoms with E-state index in [0.29, 0.717) is 11.3 Å². The van der Waals surface area contributed by atoms with Crippen LogP contribution in [0.2, 0.25) is 0 Å². The molecule has 1 amide bonds. The summed E-state index contributed by atoms with van der Waals surface area (Å²) in [5.41, 5.74) is 0.995. The van der Waals surface area contributed by atoms with Crippen molar-refractivity contribution in [1.82, 2.24) is 4.72 Å². The molecule has 0 aromatic heterocycles. The van der Waals surface area contributed by atoms with Crippen LogP contribution in [0, 0.1) is 0 Å². The molecule has 0 aliphatic rings. The Bertz CT molecular complexity index is 850. The summed E-state index contributed by atoms with van der Waals surface area (Å²) in [5, 5.41) is 2.77. The fraction of sp³-hybridized carbons (Fsp3) is 0.188. The van der Waals surface area contributed by atoms with Crippen LogP contribution in [0.4, 0.5) is 5.69 Å². The summed E-state index contributed by atoms with van der Waals surface area (Å²) < 4.78 is 28.3. The van der Waals surface area contributed by atoms with Gasteiger partial charge in [-0.2, -0.15) is 0 Å². The molecule has 0 saturated heterocycles. The second-order valence-corrected chi connectivity index (χ2v) is 8.86. The van der Waals surface area contributed by atoms with Gasteiger partial charge in [0, 0.05) is 20.6 Å². The normalized spacial score (nSPS) is 11.5. The van der Waals surface area contributed by atoms with Crippen molar-refractivity contribution in [2.24, 2.45) is 0 Å². The van der Waals surface area contributed by atoms with Gasteiger partial charge in [0.1, 0.15) is 0 Å². The Morgan fingerprint density at radius 3 is 2.21 bits per heavy atom. The SMILES string of the molecule is CC(C)NS(=O)(=O)c1ccc(C(=O)Nc2ccc(Br)cc2Br)cc1. The number of sulfonamides is 1. The minimum atomic E-state index is -3.57. The molecule has 0 saturated carbocycles. The molecule has 0 heterocycles. The van der Waals surface area contributed by atoms with Crippen LogP contribution >= 0.6 is 31.9 Å². The van der Waals surface area contributed by atoms with Gasteiger partial charge in [-0.15, -0.1) is 0 Å². The molecule has 0 spiro atoms. The molecule has 0 bridgehead atoms. The average molecular weight is 476 g/mol. The van der Waals surface area contributed by atoms with Crippen LogP contribution in [0.25, 0.3) is 0 Å². The number of anilines is 1. The highest BCUT2D eigenvalue weighted by molar-refractivity contribution is 9.11. The lowest BCUT2D eigenvalue weighted by Gasteiger charge is -2.11. The second kappa shape index (κ2) is 7.77. The molecular formula is C16H16Br2N2O3S. The molecule has 0 aliphatic carbocycles. The highest BCUT2D eigenvalue weighted by atomic mass is 79.9. The lowest BCUT2D eigenvalue weighted by atomic mass is 10.2. The van der Waals surface area contributed by atoms with E-state index in [1.807, 2.05) is 12.1 Å². The van der Waals surface area contributed by atoms with E-state index in [0.717, 1.165) is 8.95 Å². The van der Waals surface area contributed by atoms with Crippen LogP contribution < -0.4 is 10.0 Å². The summed E-state index contributed by atoms with van der Waals surface area (Å²) in [7, 11) is -3.57. The molecule has 8 heteroatoms. The number of nitrogens with one attached hydrogen (secondary N) is 2. The lowest BCUT2D eigenvalue weighted by molar-refractivity contribution is 0.102. The van der Waals surface area contributed by atoms with Crippen LogP contribution in [-0.4, -0.2) is 20.4 Å². The number of carbonyl (C=O) groups excluding carboxylic acids is 1. The second-order valence-electron chi connectivity index (χ2n) is 5.38. The van der Waals surface area contributed by atoms with Gasteiger partial charge >= 0.3 is 0 Å². The molecule has 2 aromatic rings. The van der Waals surface area contributed by atoms with Gasteiger partial charge in [-0.25, -0.2) is 13.1 Å². The first-order valence-electron chi connectivity index (χ1n) is 7.08. The van der Waals surface area contributed by atoms with E-state index < -0.39 is 10.0 Å². The maximum atomic E-state index is 12.3.